The average Bonchev–Trinajstić information content (AvgIpc) is 2.65. The lowest BCUT2D eigenvalue weighted by Crippen LogP contribution is -2.69. The van der Waals surface area contributed by atoms with Gasteiger partial charge in [-0.25, -0.2) is 18.7 Å². The molecule has 7 nitrogen and oxygen atoms in total. The van der Waals surface area contributed by atoms with Gasteiger partial charge in [0.25, 0.3) is 0 Å². The molecule has 2 N–H and O–H groups in total. The lowest BCUT2D eigenvalue weighted by molar-refractivity contribution is -0.218. The van der Waals surface area contributed by atoms with Gasteiger partial charge in [0.15, 0.2) is 0 Å². The molecule has 154 valence electrons. The molecule has 3 saturated carbocycles. The van der Waals surface area contributed by atoms with Crippen molar-refractivity contribution in [1.29, 1.82) is 10.7 Å². The first kappa shape index (κ1) is 19.9. The number of hydrogen-bond donors (Lipinski definition) is 2. The number of ether oxygens (including phenoxy) is 1. The fourth-order valence-electron chi connectivity index (χ4n) is 4.58. The Morgan fingerprint density at radius 3 is 2.60 bits per heavy atom. The van der Waals surface area contributed by atoms with E-state index in [9.17, 15) is 13.6 Å². The van der Waals surface area contributed by atoms with Crippen molar-refractivity contribution in [1.82, 2.24) is 15.3 Å². The molecule has 0 spiro atoms. The molecule has 5 rings (SSSR count). The number of hydrogen-bond acceptors (Lipinski definition) is 6. The number of nitrogens with zero attached hydrogens (tertiary/aromatic N) is 3. The predicted molar refractivity (Wildman–Crippen MR) is 102 cm³/mol. The van der Waals surface area contributed by atoms with E-state index < -0.39 is 23.1 Å². The highest BCUT2D eigenvalue weighted by Gasteiger charge is 2.71. The number of carbonyl (C=O) groups excluding carboxylic acids is 1. The van der Waals surface area contributed by atoms with Crippen LogP contribution in [0.1, 0.15) is 43.0 Å². The first-order valence-corrected chi connectivity index (χ1v) is 9.48. The topological polar surface area (TPSA) is 112 Å². The lowest BCUT2D eigenvalue weighted by atomic mass is 9.35. The number of aromatic nitrogens is 2. The maximum Gasteiger partial charge on any atom is 0.226 e. The Kier molecular flexibility index (Phi) is 4.94. The smallest absolute Gasteiger partial charge is 0.226 e. The highest BCUT2D eigenvalue weighted by atomic mass is 19.1. The van der Waals surface area contributed by atoms with Crippen LogP contribution in [0.3, 0.4) is 0 Å². The van der Waals surface area contributed by atoms with Crippen LogP contribution in [0.25, 0.3) is 0 Å². The van der Waals surface area contributed by atoms with Crippen LogP contribution in [0, 0.1) is 39.2 Å². The van der Waals surface area contributed by atoms with Gasteiger partial charge in [-0.1, -0.05) is 0 Å². The fraction of sp³-hybridized carbons (Fsp3) is 0.381. The van der Waals surface area contributed by atoms with Gasteiger partial charge in [0.05, 0.1) is 18.1 Å². The van der Waals surface area contributed by atoms with Gasteiger partial charge < -0.3 is 15.5 Å². The summed E-state index contributed by atoms with van der Waals surface area (Å²) in [4.78, 5) is 20.6. The molecular formula is C21H19F2N5O2. The number of benzene rings is 1. The van der Waals surface area contributed by atoms with E-state index in [0.29, 0.717) is 37.3 Å². The minimum atomic E-state index is -0.722. The Morgan fingerprint density at radius 1 is 1.27 bits per heavy atom. The van der Waals surface area contributed by atoms with Crippen molar-refractivity contribution in [3.8, 4) is 11.9 Å². The number of nitrogens with one attached hydrogen (secondary N) is 2. The van der Waals surface area contributed by atoms with Crippen LogP contribution in [-0.2, 0) is 4.79 Å². The zero-order valence-corrected chi connectivity index (χ0v) is 16.0. The number of rotatable bonds is 8. The van der Waals surface area contributed by atoms with Gasteiger partial charge in [-0.2, -0.15) is 5.26 Å². The van der Waals surface area contributed by atoms with Gasteiger partial charge >= 0.3 is 0 Å². The van der Waals surface area contributed by atoms with E-state index in [1.807, 2.05) is 6.07 Å². The summed E-state index contributed by atoms with van der Waals surface area (Å²) in [7, 11) is 0. The Morgan fingerprint density at radius 2 is 1.97 bits per heavy atom. The van der Waals surface area contributed by atoms with E-state index in [2.05, 4.69) is 15.3 Å². The summed E-state index contributed by atoms with van der Waals surface area (Å²) in [6, 6.07) is 5.85. The molecule has 2 aromatic rings. The Bertz CT molecular complexity index is 1010. The van der Waals surface area contributed by atoms with Gasteiger partial charge in [-0.05, 0) is 43.2 Å². The molecule has 1 heterocycles. The number of nitriles is 1. The Balaban J connectivity index is 1.35. The third-order valence-corrected chi connectivity index (χ3v) is 5.85. The summed E-state index contributed by atoms with van der Waals surface area (Å²) in [6.45, 7) is 0.392. The summed E-state index contributed by atoms with van der Waals surface area (Å²) < 4.78 is 32.8. The van der Waals surface area contributed by atoms with Crippen LogP contribution >= 0.6 is 0 Å². The monoisotopic (exact) mass is 411 g/mol. The number of carbonyl (C=O) groups is 1. The van der Waals surface area contributed by atoms with Crippen molar-refractivity contribution >= 4 is 12.1 Å². The summed E-state index contributed by atoms with van der Waals surface area (Å²) in [6.07, 6.45) is 4.48. The second-order valence-corrected chi connectivity index (χ2v) is 8.12. The maximum absolute atomic E-state index is 13.6. The average molecular weight is 411 g/mol. The normalized spacial score (nSPS) is 24.6. The van der Waals surface area contributed by atoms with Crippen LogP contribution in [0.4, 0.5) is 8.78 Å². The van der Waals surface area contributed by atoms with Gasteiger partial charge in [0.2, 0.25) is 11.8 Å². The maximum atomic E-state index is 13.6. The molecule has 0 radical (unpaired) electrons. The third kappa shape index (κ3) is 3.61. The minimum Gasteiger partial charge on any atom is -0.477 e. The van der Waals surface area contributed by atoms with Crippen molar-refractivity contribution in [3.63, 3.8) is 0 Å². The molecule has 1 atom stereocenters. The zero-order valence-electron chi connectivity index (χ0n) is 16.0. The largest absolute Gasteiger partial charge is 0.477 e. The molecule has 3 aliphatic carbocycles. The van der Waals surface area contributed by atoms with Crippen LogP contribution in [0.15, 0.2) is 30.6 Å². The Hall–Kier alpha value is -3.41. The van der Waals surface area contributed by atoms with Crippen molar-refractivity contribution in [3.05, 3.63) is 53.5 Å². The summed E-state index contributed by atoms with van der Waals surface area (Å²) in [5, 5.41) is 19.1. The van der Waals surface area contributed by atoms with E-state index >= 15 is 0 Å². The molecule has 9 heteroatoms. The standard InChI is InChI=1S/C21H19F2N5O2/c22-14-3-13(4-15(23)5-14)17(1-2-24)28-19(29)21-8-20(9-21,10-21)11-30-18-6-16(7-25)26-12-27-18/h2-6,12,17,24H,1,8-11H2,(H,28,29). The van der Waals surface area contributed by atoms with Crippen molar-refractivity contribution in [2.24, 2.45) is 10.8 Å². The molecule has 0 saturated heterocycles. The first-order chi connectivity index (χ1) is 14.4. The highest BCUT2D eigenvalue weighted by molar-refractivity contribution is 5.87. The first-order valence-electron chi connectivity index (χ1n) is 9.48. The Labute approximate surface area is 171 Å². The van der Waals surface area contributed by atoms with Crippen molar-refractivity contribution < 1.29 is 18.3 Å². The second kappa shape index (κ2) is 7.44. The molecule has 1 amide bonds. The molecule has 1 aromatic heterocycles. The zero-order chi connectivity index (χ0) is 21.4. The SMILES string of the molecule is N#Cc1cc(OCC23CC(C(=O)NC(CC=N)c4cc(F)cc(F)c4)(C2)C3)ncn1. The van der Waals surface area contributed by atoms with Crippen LogP contribution < -0.4 is 10.1 Å². The van der Waals surface area contributed by atoms with Gasteiger partial charge in [-0.15, -0.1) is 0 Å². The molecule has 30 heavy (non-hydrogen) atoms. The van der Waals surface area contributed by atoms with E-state index in [1.54, 1.807) is 0 Å². The number of amides is 1. The number of halogens is 2. The summed E-state index contributed by atoms with van der Waals surface area (Å²) in [5.41, 5.74) is -0.0821. The molecular weight excluding hydrogens is 392 g/mol. The molecule has 0 aliphatic heterocycles. The van der Waals surface area contributed by atoms with Crippen LogP contribution in [-0.4, -0.2) is 28.7 Å². The molecule has 2 bridgehead atoms. The summed E-state index contributed by atoms with van der Waals surface area (Å²) >= 11 is 0. The van der Waals surface area contributed by atoms with E-state index in [0.717, 1.165) is 12.3 Å². The van der Waals surface area contributed by atoms with Crippen molar-refractivity contribution in [2.45, 2.75) is 31.7 Å². The van der Waals surface area contributed by atoms with E-state index in [-0.39, 0.29) is 23.4 Å². The van der Waals surface area contributed by atoms with Gasteiger partial charge in [0.1, 0.15) is 29.7 Å². The van der Waals surface area contributed by atoms with Crippen LogP contribution in [0.5, 0.6) is 5.88 Å². The molecule has 1 aromatic carbocycles. The van der Waals surface area contributed by atoms with Gasteiger partial charge in [-0.3, -0.25) is 4.79 Å². The van der Waals surface area contributed by atoms with E-state index in [1.165, 1.54) is 24.5 Å². The molecule has 1 unspecified atom stereocenters. The van der Waals surface area contributed by atoms with E-state index in [4.69, 9.17) is 15.4 Å². The van der Waals surface area contributed by atoms with Crippen LogP contribution in [0.2, 0.25) is 0 Å². The third-order valence-electron chi connectivity index (χ3n) is 5.85. The quantitative estimate of drug-likeness (QED) is 0.649. The van der Waals surface area contributed by atoms with Crippen molar-refractivity contribution in [2.75, 3.05) is 6.61 Å². The predicted octanol–water partition coefficient (Wildman–Crippen LogP) is 3.07. The lowest BCUT2D eigenvalue weighted by Gasteiger charge is -2.68. The highest BCUT2D eigenvalue weighted by Crippen LogP contribution is 2.73. The fourth-order valence-corrected chi connectivity index (χ4v) is 4.58. The molecule has 3 fully saturated rings. The minimum absolute atomic E-state index is 0.100. The second-order valence-electron chi connectivity index (χ2n) is 8.12. The molecule has 3 aliphatic rings. The van der Waals surface area contributed by atoms with Gasteiger partial charge in [0, 0.05) is 24.0 Å². The summed E-state index contributed by atoms with van der Waals surface area (Å²) in [5.74, 6) is -1.29.